The van der Waals surface area contributed by atoms with Crippen molar-refractivity contribution in [3.8, 4) is 0 Å². The quantitative estimate of drug-likeness (QED) is 0.423. The van der Waals surface area contributed by atoms with Gasteiger partial charge >= 0.3 is 0 Å². The van der Waals surface area contributed by atoms with Crippen LogP contribution in [0.1, 0.15) is 0 Å². The molecule has 1 N–H and O–H groups in total. The van der Waals surface area contributed by atoms with E-state index in [1.165, 1.54) is 0 Å². The molecule has 0 rings (SSSR count). The predicted molar refractivity (Wildman–Crippen MR) is 43.0 cm³/mol. The number of halogens is 2. The van der Waals surface area contributed by atoms with Gasteiger partial charge in [0.05, 0.1) is 0 Å². The van der Waals surface area contributed by atoms with Crippen molar-refractivity contribution in [2.75, 3.05) is 6.66 Å². The second-order valence-corrected chi connectivity index (χ2v) is 4.12. The zero-order valence-corrected chi connectivity index (χ0v) is 7.62. The van der Waals surface area contributed by atoms with Gasteiger partial charge in [-0.2, -0.15) is 0 Å². The first-order valence-corrected chi connectivity index (χ1v) is 4.66. The molecule has 1 unspecified atom stereocenters. The first-order valence-electron chi connectivity index (χ1n) is 2.10. The summed E-state index contributed by atoms with van der Waals surface area (Å²) in [7, 11) is -3.21. The summed E-state index contributed by atoms with van der Waals surface area (Å²) in [5, 5.41) is -0.744. The molecular weight excluding hydrogens is 198 g/mol. The van der Waals surface area contributed by atoms with E-state index in [0.717, 1.165) is 18.6 Å². The first-order chi connectivity index (χ1) is 3.92. The predicted octanol–water partition coefficient (Wildman–Crippen LogP) is 1.59. The smallest absolute Gasteiger partial charge is 0.245 e. The minimum atomic E-state index is -3.21. The highest BCUT2D eigenvalue weighted by Crippen LogP contribution is 2.36. The Kier molecular flexibility index (Phi) is 6.30. The van der Waals surface area contributed by atoms with Crippen LogP contribution in [-0.4, -0.2) is 16.8 Å². The molecule has 0 aromatic rings. The van der Waals surface area contributed by atoms with Crippen LogP contribution in [0.25, 0.3) is 0 Å². The van der Waals surface area contributed by atoms with Crippen LogP contribution in [0.2, 0.25) is 0 Å². The minimum Gasteiger partial charge on any atom is -0.342 e. The number of hydrogen-bond donors (Lipinski definition) is 1. The van der Waals surface area contributed by atoms with E-state index in [1.807, 2.05) is 0 Å². The van der Waals surface area contributed by atoms with Gasteiger partial charge in [0.1, 0.15) is 0 Å². The molecule has 1 atom stereocenters. The highest BCUT2D eigenvalue weighted by molar-refractivity contribution is 7.60. The molecule has 0 aromatic carbocycles. The summed E-state index contributed by atoms with van der Waals surface area (Å²) in [5.74, 6) is 0.891. The highest BCUT2D eigenvalue weighted by Gasteiger charge is 2.02. The van der Waals surface area contributed by atoms with Crippen LogP contribution in [-0.2, 0) is 9.36 Å². The number of carbonyl (C=O) groups is 1. The van der Waals surface area contributed by atoms with Gasteiger partial charge in [-0.05, 0) is 11.6 Å². The average Bonchev–Trinajstić information content (AvgIpc) is 1.59. The second-order valence-electron chi connectivity index (χ2n) is 1.56. The van der Waals surface area contributed by atoms with Crippen LogP contribution in [0.15, 0.2) is 11.9 Å². The zero-order chi connectivity index (χ0) is 7.49. The molecule has 60 valence electrons. The lowest BCUT2D eigenvalue weighted by Crippen LogP contribution is -1.75. The van der Waals surface area contributed by atoms with Crippen molar-refractivity contribution < 1.29 is 14.3 Å². The van der Waals surface area contributed by atoms with Gasteiger partial charge in [-0.25, -0.2) is 0 Å². The lowest BCUT2D eigenvalue weighted by molar-refractivity contribution is -0.107. The van der Waals surface area contributed by atoms with E-state index in [1.54, 1.807) is 0 Å². The Labute approximate surface area is 69.9 Å². The molecule has 6 heteroatoms. The lowest BCUT2D eigenvalue weighted by Gasteiger charge is -1.91. The molecule has 0 saturated carbocycles. The first kappa shape index (κ1) is 12.8. The maximum Gasteiger partial charge on any atom is 0.245 e. The minimum absolute atomic E-state index is 0. The monoisotopic (exact) mass is 204 g/mol. The van der Waals surface area contributed by atoms with E-state index in [2.05, 4.69) is 0 Å². The maximum atomic E-state index is 10.4. The third-order valence-corrected chi connectivity index (χ3v) is 1.31. The zero-order valence-electron chi connectivity index (χ0n) is 5.15. The molecule has 0 aliphatic carbocycles. The van der Waals surface area contributed by atoms with E-state index < -0.39 is 12.6 Å². The fraction of sp³-hybridized carbons (Fsp3) is 0.250. The molecule has 10 heavy (non-hydrogen) atoms. The molecule has 0 amide bonds. The summed E-state index contributed by atoms with van der Waals surface area (Å²) in [5.41, 5.74) is 0. The van der Waals surface area contributed by atoms with E-state index in [9.17, 15) is 9.36 Å². The van der Waals surface area contributed by atoms with Gasteiger partial charge in [0.25, 0.3) is 0 Å². The van der Waals surface area contributed by atoms with Crippen LogP contribution in [0.5, 0.6) is 0 Å². The van der Waals surface area contributed by atoms with Crippen molar-refractivity contribution >= 4 is 36.6 Å². The Morgan fingerprint density at radius 2 is 2.10 bits per heavy atom. The van der Waals surface area contributed by atoms with Crippen molar-refractivity contribution in [1.29, 1.82) is 0 Å². The number of hydrogen-bond acceptors (Lipinski definition) is 2. The Balaban J connectivity index is 0. The average molecular weight is 205 g/mol. The van der Waals surface area contributed by atoms with E-state index in [0.29, 0.717) is 0 Å². The summed E-state index contributed by atoms with van der Waals surface area (Å²) < 4.78 is 10.4. The van der Waals surface area contributed by atoms with Gasteiger partial charge in [-0.1, -0.05) is 0 Å². The topological polar surface area (TPSA) is 54.4 Å². The summed E-state index contributed by atoms with van der Waals surface area (Å²) in [6, 6.07) is 0. The largest absolute Gasteiger partial charge is 0.342 e. The summed E-state index contributed by atoms with van der Waals surface area (Å²) in [6.45, 7) is 1.11. The molecule has 3 nitrogen and oxygen atoms in total. The number of allylic oxidation sites excluding steroid dienone is 1. The number of rotatable bonds is 2. The van der Waals surface area contributed by atoms with E-state index >= 15 is 0 Å². The Morgan fingerprint density at radius 3 is 2.20 bits per heavy atom. The van der Waals surface area contributed by atoms with Crippen LogP contribution < -0.4 is 0 Å². The Bertz CT molecular complexity index is 183. The molecule has 0 radical (unpaired) electrons. The Hall–Kier alpha value is 0.180. The third kappa shape index (κ3) is 11.0. The second kappa shape index (κ2) is 4.91. The SMILES string of the molecule is CP(=O)(O)C=CC(=O)Cl.Cl. The van der Waals surface area contributed by atoms with Gasteiger partial charge in [0.15, 0.2) is 0 Å². The van der Waals surface area contributed by atoms with Gasteiger partial charge in [-0.15, -0.1) is 12.4 Å². The molecule has 0 aromatic heterocycles. The molecule has 0 spiro atoms. The standard InChI is InChI=1S/C4H6ClO3P.ClH/c1-9(7,8)3-2-4(5)6;/h2-3H,1H3,(H,7,8);1H. The van der Waals surface area contributed by atoms with Crippen molar-refractivity contribution in [1.82, 2.24) is 0 Å². The fourth-order valence-corrected chi connectivity index (χ4v) is 0.760. The molecule has 0 fully saturated rings. The fourth-order valence-electron chi connectivity index (χ4n) is 0.197. The highest BCUT2D eigenvalue weighted by atomic mass is 35.5. The van der Waals surface area contributed by atoms with E-state index in [4.69, 9.17) is 16.5 Å². The molecule has 0 saturated heterocycles. The molecular formula is C4H7Cl2O3P. The van der Waals surface area contributed by atoms with Crippen molar-refractivity contribution in [2.45, 2.75) is 0 Å². The third-order valence-electron chi connectivity index (χ3n) is 0.482. The van der Waals surface area contributed by atoms with Crippen molar-refractivity contribution in [2.24, 2.45) is 0 Å². The van der Waals surface area contributed by atoms with Gasteiger partial charge < -0.3 is 4.89 Å². The molecule has 0 aliphatic rings. The van der Waals surface area contributed by atoms with E-state index in [-0.39, 0.29) is 12.4 Å². The van der Waals surface area contributed by atoms with Crippen LogP contribution in [0, 0.1) is 0 Å². The van der Waals surface area contributed by atoms with Gasteiger partial charge in [-0.3, -0.25) is 9.36 Å². The molecule has 0 heterocycles. The normalized spacial score (nSPS) is 15.9. The summed E-state index contributed by atoms with van der Waals surface area (Å²) in [4.78, 5) is 18.5. The lowest BCUT2D eigenvalue weighted by atomic mass is 10.7. The Morgan fingerprint density at radius 1 is 1.70 bits per heavy atom. The van der Waals surface area contributed by atoms with Crippen LogP contribution in [0.4, 0.5) is 0 Å². The summed E-state index contributed by atoms with van der Waals surface area (Å²) in [6.07, 6.45) is 0.863. The van der Waals surface area contributed by atoms with Gasteiger partial charge in [0.2, 0.25) is 12.6 Å². The molecule has 0 aliphatic heterocycles. The maximum absolute atomic E-state index is 10.4. The van der Waals surface area contributed by atoms with Gasteiger partial charge in [0, 0.05) is 18.6 Å². The molecule has 0 bridgehead atoms. The summed E-state index contributed by atoms with van der Waals surface area (Å²) >= 11 is 4.83. The van der Waals surface area contributed by atoms with Crippen LogP contribution in [0.3, 0.4) is 0 Å². The van der Waals surface area contributed by atoms with Crippen LogP contribution >= 0.6 is 31.4 Å². The van der Waals surface area contributed by atoms with Crippen molar-refractivity contribution in [3.05, 3.63) is 11.9 Å². The van der Waals surface area contributed by atoms with Crippen molar-refractivity contribution in [3.63, 3.8) is 0 Å². The number of carbonyl (C=O) groups excluding carboxylic acids is 1.